The molecule has 5 atom stereocenters. The number of cyclic esters (lactones) is 1. The molecule has 3 heteroatoms. The van der Waals surface area contributed by atoms with E-state index in [2.05, 4.69) is 13.5 Å². The standard InChI is InChI=1S/C13H22O3/c1-5-8(2)6-7-11-9(3)12(14)10(4)13(15)16-11/h5,8-12,14H,1,6-7H2,2-4H3/t8-,9+,10-,11-,12+/m1/s1. The van der Waals surface area contributed by atoms with E-state index >= 15 is 0 Å². The van der Waals surface area contributed by atoms with Crippen LogP contribution in [0, 0.1) is 17.8 Å². The lowest BCUT2D eigenvalue weighted by molar-refractivity contribution is -0.178. The highest BCUT2D eigenvalue weighted by Crippen LogP contribution is 2.29. The lowest BCUT2D eigenvalue weighted by Gasteiger charge is -2.36. The van der Waals surface area contributed by atoms with Gasteiger partial charge in [-0.25, -0.2) is 0 Å². The highest BCUT2D eigenvalue weighted by atomic mass is 16.5. The number of aliphatic hydroxyl groups is 1. The summed E-state index contributed by atoms with van der Waals surface area (Å²) in [4.78, 5) is 11.5. The van der Waals surface area contributed by atoms with Crippen LogP contribution in [0.3, 0.4) is 0 Å². The second-order valence-corrected chi connectivity index (χ2v) is 4.90. The number of hydrogen-bond acceptors (Lipinski definition) is 3. The van der Waals surface area contributed by atoms with Gasteiger partial charge in [0.2, 0.25) is 0 Å². The predicted molar refractivity (Wildman–Crippen MR) is 62.8 cm³/mol. The fraction of sp³-hybridized carbons (Fsp3) is 0.769. The van der Waals surface area contributed by atoms with Crippen molar-refractivity contribution in [3.8, 4) is 0 Å². The maximum atomic E-state index is 11.5. The normalized spacial score (nSPS) is 36.6. The summed E-state index contributed by atoms with van der Waals surface area (Å²) in [5, 5.41) is 9.89. The summed E-state index contributed by atoms with van der Waals surface area (Å²) >= 11 is 0. The molecule has 0 aromatic carbocycles. The third kappa shape index (κ3) is 2.85. The van der Waals surface area contributed by atoms with Crippen LogP contribution in [0.15, 0.2) is 12.7 Å². The van der Waals surface area contributed by atoms with E-state index in [1.54, 1.807) is 6.92 Å². The van der Waals surface area contributed by atoms with Crippen molar-refractivity contribution in [2.24, 2.45) is 17.8 Å². The molecule has 0 aliphatic carbocycles. The van der Waals surface area contributed by atoms with Crippen LogP contribution < -0.4 is 0 Å². The Morgan fingerprint density at radius 2 is 2.19 bits per heavy atom. The number of ether oxygens (including phenoxy) is 1. The number of rotatable bonds is 4. The van der Waals surface area contributed by atoms with Gasteiger partial charge in [-0.05, 0) is 25.7 Å². The van der Waals surface area contributed by atoms with Crippen LogP contribution in [-0.2, 0) is 9.53 Å². The van der Waals surface area contributed by atoms with Crippen LogP contribution in [0.2, 0.25) is 0 Å². The lowest BCUT2D eigenvalue weighted by atomic mass is 9.84. The molecule has 1 saturated heterocycles. The fourth-order valence-corrected chi connectivity index (χ4v) is 2.05. The Kier molecular flexibility index (Phi) is 4.54. The summed E-state index contributed by atoms with van der Waals surface area (Å²) in [5.41, 5.74) is 0. The largest absolute Gasteiger partial charge is 0.462 e. The van der Waals surface area contributed by atoms with E-state index in [-0.39, 0.29) is 18.0 Å². The van der Waals surface area contributed by atoms with Crippen LogP contribution in [0.4, 0.5) is 0 Å². The van der Waals surface area contributed by atoms with Crippen molar-refractivity contribution < 1.29 is 14.6 Å². The van der Waals surface area contributed by atoms with Crippen LogP contribution in [0.5, 0.6) is 0 Å². The highest BCUT2D eigenvalue weighted by Gasteiger charge is 2.39. The Morgan fingerprint density at radius 1 is 1.56 bits per heavy atom. The van der Waals surface area contributed by atoms with Gasteiger partial charge in [-0.15, -0.1) is 6.58 Å². The number of aliphatic hydroxyl groups excluding tert-OH is 1. The van der Waals surface area contributed by atoms with Gasteiger partial charge in [0, 0.05) is 5.92 Å². The van der Waals surface area contributed by atoms with Crippen LogP contribution in [0.1, 0.15) is 33.6 Å². The van der Waals surface area contributed by atoms with Crippen molar-refractivity contribution in [1.29, 1.82) is 0 Å². The Bertz CT molecular complexity index is 262. The van der Waals surface area contributed by atoms with E-state index < -0.39 is 12.0 Å². The summed E-state index contributed by atoms with van der Waals surface area (Å²) in [6.45, 7) is 9.47. The van der Waals surface area contributed by atoms with Crippen molar-refractivity contribution in [3.05, 3.63) is 12.7 Å². The molecule has 1 rings (SSSR count). The average molecular weight is 226 g/mol. The smallest absolute Gasteiger partial charge is 0.311 e. The minimum Gasteiger partial charge on any atom is -0.462 e. The molecule has 0 aromatic rings. The van der Waals surface area contributed by atoms with Gasteiger partial charge < -0.3 is 9.84 Å². The summed E-state index contributed by atoms with van der Waals surface area (Å²) in [5.74, 6) is -0.239. The number of esters is 1. The summed E-state index contributed by atoms with van der Waals surface area (Å²) in [6.07, 6.45) is 2.90. The van der Waals surface area contributed by atoms with Gasteiger partial charge in [-0.1, -0.05) is 19.9 Å². The Morgan fingerprint density at radius 3 is 2.75 bits per heavy atom. The van der Waals surface area contributed by atoms with Crippen LogP contribution >= 0.6 is 0 Å². The molecule has 1 aliphatic heterocycles. The van der Waals surface area contributed by atoms with E-state index in [9.17, 15) is 9.90 Å². The zero-order chi connectivity index (χ0) is 12.3. The van der Waals surface area contributed by atoms with Gasteiger partial charge in [0.1, 0.15) is 6.10 Å². The minimum atomic E-state index is -0.578. The highest BCUT2D eigenvalue weighted by molar-refractivity contribution is 5.73. The quantitative estimate of drug-likeness (QED) is 0.590. The van der Waals surface area contributed by atoms with Gasteiger partial charge in [0.15, 0.2) is 0 Å². The maximum Gasteiger partial charge on any atom is 0.311 e. The first-order valence-corrected chi connectivity index (χ1v) is 5.98. The van der Waals surface area contributed by atoms with Gasteiger partial charge in [-0.2, -0.15) is 0 Å². The molecule has 92 valence electrons. The molecule has 0 spiro atoms. The maximum absolute atomic E-state index is 11.5. The molecule has 0 bridgehead atoms. The number of carbonyl (C=O) groups excluding carboxylic acids is 1. The first-order valence-electron chi connectivity index (χ1n) is 5.98. The molecule has 1 fully saturated rings. The summed E-state index contributed by atoms with van der Waals surface area (Å²) < 4.78 is 5.34. The van der Waals surface area contributed by atoms with Crippen LogP contribution in [-0.4, -0.2) is 23.3 Å². The molecule has 1 heterocycles. The molecule has 0 unspecified atom stereocenters. The molecule has 16 heavy (non-hydrogen) atoms. The number of allylic oxidation sites excluding steroid dienone is 1. The van der Waals surface area contributed by atoms with E-state index in [0.717, 1.165) is 12.8 Å². The molecule has 1 N–H and O–H groups in total. The Labute approximate surface area is 97.5 Å². The van der Waals surface area contributed by atoms with E-state index in [1.807, 2.05) is 13.0 Å². The zero-order valence-electron chi connectivity index (χ0n) is 10.3. The van der Waals surface area contributed by atoms with Gasteiger partial charge in [0.25, 0.3) is 0 Å². The average Bonchev–Trinajstić information content (AvgIpc) is 2.28. The van der Waals surface area contributed by atoms with Crippen molar-refractivity contribution >= 4 is 5.97 Å². The zero-order valence-corrected chi connectivity index (χ0v) is 10.3. The second-order valence-electron chi connectivity index (χ2n) is 4.90. The number of carbonyl (C=O) groups is 1. The third-order valence-corrected chi connectivity index (χ3v) is 3.59. The Balaban J connectivity index is 2.53. The van der Waals surface area contributed by atoms with Gasteiger partial charge >= 0.3 is 5.97 Å². The Hall–Kier alpha value is -0.830. The topological polar surface area (TPSA) is 46.5 Å². The van der Waals surface area contributed by atoms with E-state index in [0.29, 0.717) is 5.92 Å². The predicted octanol–water partition coefficient (Wildman–Crippen LogP) is 2.15. The van der Waals surface area contributed by atoms with Crippen LogP contribution in [0.25, 0.3) is 0 Å². The molecule has 0 saturated carbocycles. The van der Waals surface area contributed by atoms with Gasteiger partial charge in [-0.3, -0.25) is 4.79 Å². The molecular formula is C13H22O3. The summed E-state index contributed by atoms with van der Waals surface area (Å²) in [7, 11) is 0. The minimum absolute atomic E-state index is 0.0183. The second kappa shape index (κ2) is 5.48. The first kappa shape index (κ1) is 13.2. The number of hydrogen-bond donors (Lipinski definition) is 1. The molecule has 0 radical (unpaired) electrons. The summed E-state index contributed by atoms with van der Waals surface area (Å²) in [6, 6.07) is 0. The SMILES string of the molecule is C=C[C@@H](C)CC[C@H]1OC(=O)[C@H](C)[C@@H](O)[C@H]1C. The van der Waals surface area contributed by atoms with Crippen molar-refractivity contribution in [3.63, 3.8) is 0 Å². The molecule has 0 amide bonds. The van der Waals surface area contributed by atoms with E-state index in [4.69, 9.17) is 4.74 Å². The molecule has 0 aromatic heterocycles. The molecule has 3 nitrogen and oxygen atoms in total. The molecular weight excluding hydrogens is 204 g/mol. The van der Waals surface area contributed by atoms with Gasteiger partial charge in [0.05, 0.1) is 12.0 Å². The fourth-order valence-electron chi connectivity index (χ4n) is 2.05. The van der Waals surface area contributed by atoms with Crippen molar-refractivity contribution in [2.75, 3.05) is 0 Å². The van der Waals surface area contributed by atoms with Crippen molar-refractivity contribution in [2.45, 2.75) is 45.8 Å². The molecule has 1 aliphatic rings. The van der Waals surface area contributed by atoms with Crippen molar-refractivity contribution in [1.82, 2.24) is 0 Å². The monoisotopic (exact) mass is 226 g/mol. The first-order chi connectivity index (χ1) is 7.47. The lowest BCUT2D eigenvalue weighted by Crippen LogP contribution is -2.46. The van der Waals surface area contributed by atoms with E-state index in [1.165, 1.54) is 0 Å². The third-order valence-electron chi connectivity index (χ3n) is 3.59.